The molecule has 10 aromatic carbocycles. The van der Waals surface area contributed by atoms with Crippen molar-refractivity contribution in [2.75, 3.05) is 0 Å². The van der Waals surface area contributed by atoms with Crippen molar-refractivity contribution in [2.24, 2.45) is 0 Å². The van der Waals surface area contributed by atoms with Gasteiger partial charge in [-0.2, -0.15) is 10.5 Å². The summed E-state index contributed by atoms with van der Waals surface area (Å²) < 4.78 is 9.27. The number of hydrogen-bond acceptors (Lipinski definition) is 2. The predicted molar refractivity (Wildman–Crippen MR) is 283 cm³/mol. The van der Waals surface area contributed by atoms with Crippen LogP contribution >= 0.6 is 0 Å². The summed E-state index contributed by atoms with van der Waals surface area (Å²) in [7, 11) is 0. The summed E-state index contributed by atoms with van der Waals surface area (Å²) in [6, 6.07) is 80.3. The lowest BCUT2D eigenvalue weighted by atomic mass is 9.97. The van der Waals surface area contributed by atoms with E-state index in [0.717, 1.165) is 105 Å². The van der Waals surface area contributed by atoms with E-state index in [1.54, 1.807) is 0 Å². The van der Waals surface area contributed by atoms with E-state index in [1.165, 1.54) is 21.5 Å². The average molecular weight is 879 g/mol. The molecule has 0 N–H and O–H groups in total. The zero-order valence-electron chi connectivity index (χ0n) is 37.4. The summed E-state index contributed by atoms with van der Waals surface area (Å²) in [5.74, 6) is 0. The Labute approximate surface area is 396 Å². The molecule has 0 radical (unpaired) electrons. The van der Waals surface area contributed by atoms with Crippen LogP contribution in [0.25, 0.3) is 121 Å². The van der Waals surface area contributed by atoms with Gasteiger partial charge in [0.25, 0.3) is 0 Å². The van der Waals surface area contributed by atoms with Gasteiger partial charge in [-0.25, -0.2) is 0 Å². The molecule has 6 heteroatoms. The second-order valence-electron chi connectivity index (χ2n) is 18.0. The highest BCUT2D eigenvalue weighted by Crippen LogP contribution is 2.43. The maximum Gasteiger partial charge on any atom is 0.104 e. The van der Waals surface area contributed by atoms with Crippen LogP contribution in [0.1, 0.15) is 16.7 Å². The minimum atomic E-state index is 0.529. The van der Waals surface area contributed by atoms with Gasteiger partial charge in [0, 0.05) is 54.5 Å². The number of aryl methyl sites for hydroxylation is 1. The van der Waals surface area contributed by atoms with Crippen LogP contribution in [0.4, 0.5) is 0 Å². The lowest BCUT2D eigenvalue weighted by molar-refractivity contribution is 1.11. The molecule has 0 atom stereocenters. The predicted octanol–water partition coefficient (Wildman–Crippen LogP) is 15.8. The topological polar surface area (TPSA) is 67.3 Å². The Balaban J connectivity index is 1.11. The van der Waals surface area contributed by atoms with E-state index in [4.69, 9.17) is 0 Å². The molecule has 0 aliphatic heterocycles. The summed E-state index contributed by atoms with van der Waals surface area (Å²) in [5.41, 5.74) is 15.9. The first kappa shape index (κ1) is 38.6. The lowest BCUT2D eigenvalue weighted by Gasteiger charge is -2.19. The lowest BCUT2D eigenvalue weighted by Crippen LogP contribution is -2.06. The van der Waals surface area contributed by atoms with Crippen molar-refractivity contribution in [3.8, 4) is 46.0 Å². The Morgan fingerprint density at radius 3 is 1.00 bits per heavy atom. The van der Waals surface area contributed by atoms with E-state index < -0.39 is 0 Å². The Bertz CT molecular complexity index is 4240. The maximum absolute atomic E-state index is 11.8. The first-order valence-electron chi connectivity index (χ1n) is 23.2. The summed E-state index contributed by atoms with van der Waals surface area (Å²) in [6.07, 6.45) is 0. The number of fused-ring (bicyclic) bond motifs is 12. The molecule has 0 saturated carbocycles. The number of para-hydroxylation sites is 6. The molecule has 0 bridgehead atoms. The van der Waals surface area contributed by atoms with Crippen LogP contribution in [0.2, 0.25) is 0 Å². The van der Waals surface area contributed by atoms with Gasteiger partial charge < -0.3 is 18.3 Å². The fourth-order valence-corrected chi connectivity index (χ4v) is 11.4. The largest absolute Gasteiger partial charge is 0.309 e. The monoisotopic (exact) mass is 878 g/mol. The van der Waals surface area contributed by atoms with Gasteiger partial charge >= 0.3 is 0 Å². The highest BCUT2D eigenvalue weighted by Gasteiger charge is 2.24. The van der Waals surface area contributed by atoms with Gasteiger partial charge in [-0.15, -0.1) is 0 Å². The van der Waals surface area contributed by atoms with Gasteiger partial charge in [0.2, 0.25) is 0 Å². The van der Waals surface area contributed by atoms with E-state index in [0.29, 0.717) is 11.1 Å². The molecule has 4 heterocycles. The fraction of sp³-hybridized carbons (Fsp3) is 0.0159. The molecule has 320 valence electrons. The number of hydrogen-bond donors (Lipinski definition) is 0. The molecule has 0 aliphatic carbocycles. The zero-order chi connectivity index (χ0) is 45.9. The Kier molecular flexibility index (Phi) is 8.23. The molecular formula is C63H38N6. The van der Waals surface area contributed by atoms with Gasteiger partial charge in [-0.05, 0) is 109 Å². The van der Waals surface area contributed by atoms with E-state index in [1.807, 2.05) is 19.1 Å². The SMILES string of the molecule is Cc1cc(C#N)cc(-c2cc(-n3c4ccccc4c4ccc(-n5c6ccccc6c6ccccc65)cc43)c(C#N)c(-n3c4ccccc4c4ccc(-n5c6ccccc6c6ccccc65)cc43)c2)c1. The average Bonchev–Trinajstić information content (AvgIpc) is 4.12. The van der Waals surface area contributed by atoms with E-state index in [2.05, 4.69) is 231 Å². The number of rotatable bonds is 5. The molecule has 0 saturated heterocycles. The van der Waals surface area contributed by atoms with Gasteiger partial charge in [0.1, 0.15) is 11.6 Å². The molecule has 14 rings (SSSR count). The minimum absolute atomic E-state index is 0.529. The number of benzene rings is 10. The van der Waals surface area contributed by atoms with Crippen molar-refractivity contribution >= 4 is 87.2 Å². The van der Waals surface area contributed by atoms with Crippen LogP contribution in [0.15, 0.2) is 212 Å². The van der Waals surface area contributed by atoms with Gasteiger partial charge in [-0.1, -0.05) is 127 Å². The van der Waals surface area contributed by atoms with Crippen molar-refractivity contribution in [2.45, 2.75) is 6.92 Å². The molecule has 14 aromatic rings. The molecule has 4 aromatic heterocycles. The van der Waals surface area contributed by atoms with Crippen LogP contribution in [0, 0.1) is 29.6 Å². The van der Waals surface area contributed by atoms with E-state index in [-0.39, 0.29) is 0 Å². The Hall–Kier alpha value is -9.62. The molecule has 69 heavy (non-hydrogen) atoms. The van der Waals surface area contributed by atoms with E-state index >= 15 is 0 Å². The quantitative estimate of drug-likeness (QED) is 0.173. The maximum atomic E-state index is 11.8. The van der Waals surface area contributed by atoms with Crippen LogP contribution in [0.3, 0.4) is 0 Å². The Morgan fingerprint density at radius 2 is 0.638 bits per heavy atom. The van der Waals surface area contributed by atoms with Gasteiger partial charge in [0.15, 0.2) is 0 Å². The molecule has 0 fully saturated rings. The smallest absolute Gasteiger partial charge is 0.104 e. The standard InChI is InChI=1S/C63H38N6/c1-39-30-40(37-64)32-41(31-39)42-33-60(68-58-24-12-6-18-49(58)51-28-26-43(35-62(51)68)66-54-20-8-2-14-45(54)46-15-3-9-21-55(46)66)53(38-65)61(34-42)69-59-25-13-7-19-50(59)52-29-27-44(36-63(52)69)67-56-22-10-4-16-47(56)48-17-5-11-23-57(48)67/h2-36H,1H3. The third-order valence-corrected chi connectivity index (χ3v) is 14.2. The van der Waals surface area contributed by atoms with Crippen molar-refractivity contribution in [1.29, 1.82) is 10.5 Å². The van der Waals surface area contributed by atoms with Gasteiger partial charge in [0.05, 0.1) is 67.1 Å². The zero-order valence-corrected chi connectivity index (χ0v) is 37.4. The highest BCUT2D eigenvalue weighted by molar-refractivity contribution is 6.14. The molecule has 0 amide bonds. The molecule has 0 aliphatic rings. The van der Waals surface area contributed by atoms with Crippen LogP contribution in [-0.2, 0) is 0 Å². The summed E-state index contributed by atoms with van der Waals surface area (Å²) >= 11 is 0. The van der Waals surface area contributed by atoms with Crippen molar-refractivity contribution < 1.29 is 0 Å². The van der Waals surface area contributed by atoms with Gasteiger partial charge in [-0.3, -0.25) is 0 Å². The van der Waals surface area contributed by atoms with Crippen molar-refractivity contribution in [3.05, 3.63) is 229 Å². The second-order valence-corrected chi connectivity index (χ2v) is 18.0. The summed E-state index contributed by atoms with van der Waals surface area (Å²) in [4.78, 5) is 0. The fourth-order valence-electron chi connectivity index (χ4n) is 11.4. The van der Waals surface area contributed by atoms with Crippen molar-refractivity contribution in [1.82, 2.24) is 18.3 Å². The first-order chi connectivity index (χ1) is 34.1. The second kappa shape index (κ2) is 14.7. The van der Waals surface area contributed by atoms with Crippen LogP contribution in [0.5, 0.6) is 0 Å². The molecule has 0 unspecified atom stereocenters. The third-order valence-electron chi connectivity index (χ3n) is 14.2. The summed E-state index contributed by atoms with van der Waals surface area (Å²) in [5, 5.41) is 31.2. The highest BCUT2D eigenvalue weighted by atomic mass is 15.0. The molecular weight excluding hydrogens is 841 g/mol. The van der Waals surface area contributed by atoms with Crippen LogP contribution in [-0.4, -0.2) is 18.3 Å². The van der Waals surface area contributed by atoms with Crippen molar-refractivity contribution in [3.63, 3.8) is 0 Å². The number of nitriles is 2. The first-order valence-corrected chi connectivity index (χ1v) is 23.2. The van der Waals surface area contributed by atoms with Crippen LogP contribution < -0.4 is 0 Å². The summed E-state index contributed by atoms with van der Waals surface area (Å²) in [6.45, 7) is 2.03. The van der Waals surface area contributed by atoms with E-state index in [9.17, 15) is 10.5 Å². The minimum Gasteiger partial charge on any atom is -0.309 e. The number of aromatic nitrogens is 4. The molecule has 6 nitrogen and oxygen atoms in total. The number of nitrogens with zero attached hydrogens (tertiary/aromatic N) is 6. The normalized spacial score (nSPS) is 11.8. The Morgan fingerprint density at radius 1 is 0.304 bits per heavy atom. The molecule has 0 spiro atoms. The third kappa shape index (κ3) is 5.58.